The monoisotopic (exact) mass is 304 g/mol. The highest BCUT2D eigenvalue weighted by Crippen LogP contribution is 2.29. The summed E-state index contributed by atoms with van der Waals surface area (Å²) in [6.45, 7) is 0. The van der Waals surface area contributed by atoms with E-state index < -0.39 is 11.2 Å². The van der Waals surface area contributed by atoms with Crippen molar-refractivity contribution in [1.29, 1.82) is 0 Å². The zero-order valence-corrected chi connectivity index (χ0v) is 12.0. The number of rotatable bonds is 2. The zero-order chi connectivity index (χ0) is 15.8. The number of fused-ring (bicyclic) bond motifs is 3. The smallest absolute Gasteiger partial charge is 0.326 e. The first kappa shape index (κ1) is 13.3. The summed E-state index contributed by atoms with van der Waals surface area (Å²) in [6, 6.07) is 13.3. The average molecular weight is 304 g/mol. The van der Waals surface area contributed by atoms with Gasteiger partial charge in [0.15, 0.2) is 0 Å². The highest BCUT2D eigenvalue weighted by atomic mass is 16.2. The summed E-state index contributed by atoms with van der Waals surface area (Å²) >= 11 is 0. The number of nitrogens with one attached hydrogen (secondary N) is 3. The summed E-state index contributed by atoms with van der Waals surface area (Å²) in [5.74, 6) is 0. The lowest BCUT2D eigenvalue weighted by Crippen LogP contribution is -2.22. The zero-order valence-electron chi connectivity index (χ0n) is 12.0. The molecule has 0 saturated carbocycles. The second-order valence-electron chi connectivity index (χ2n) is 5.17. The molecule has 6 heteroatoms. The Morgan fingerprint density at radius 1 is 1.00 bits per heavy atom. The van der Waals surface area contributed by atoms with Crippen LogP contribution in [0.15, 0.2) is 64.4 Å². The van der Waals surface area contributed by atoms with Crippen molar-refractivity contribution in [3.05, 3.63) is 75.7 Å². The first-order chi connectivity index (χ1) is 11.2. The normalized spacial score (nSPS) is 11.0. The van der Waals surface area contributed by atoms with E-state index in [9.17, 15) is 9.59 Å². The molecule has 0 unspecified atom stereocenters. The number of aromatic nitrogens is 3. The predicted octanol–water partition coefficient (Wildman–Crippen LogP) is 2.51. The molecule has 2 aromatic carbocycles. The summed E-state index contributed by atoms with van der Waals surface area (Å²) in [4.78, 5) is 33.0. The van der Waals surface area contributed by atoms with Crippen molar-refractivity contribution in [1.82, 2.24) is 15.0 Å². The Bertz CT molecular complexity index is 1130. The highest BCUT2D eigenvalue weighted by Gasteiger charge is 2.11. The van der Waals surface area contributed by atoms with Crippen LogP contribution in [-0.2, 0) is 0 Å². The number of benzene rings is 2. The van der Waals surface area contributed by atoms with Gasteiger partial charge in [-0.05, 0) is 29.7 Å². The maximum atomic E-state index is 12.3. The first-order valence-electron chi connectivity index (χ1n) is 7.07. The largest absolute Gasteiger partial charge is 0.354 e. The molecule has 0 bridgehead atoms. The van der Waals surface area contributed by atoms with Gasteiger partial charge in [0.25, 0.3) is 5.56 Å². The Labute approximate surface area is 129 Å². The van der Waals surface area contributed by atoms with Gasteiger partial charge in [0.05, 0.1) is 16.6 Å². The number of hydrogen-bond donors (Lipinski definition) is 3. The minimum atomic E-state index is -0.540. The van der Waals surface area contributed by atoms with Crippen LogP contribution in [0.25, 0.3) is 21.7 Å². The molecule has 0 saturated heterocycles. The third kappa shape index (κ3) is 2.26. The van der Waals surface area contributed by atoms with Gasteiger partial charge in [0, 0.05) is 23.5 Å². The van der Waals surface area contributed by atoms with E-state index in [0.717, 1.165) is 11.1 Å². The molecule has 4 aromatic rings. The molecule has 0 aliphatic rings. The number of pyridine rings is 1. The van der Waals surface area contributed by atoms with E-state index >= 15 is 0 Å². The Morgan fingerprint density at radius 3 is 2.65 bits per heavy atom. The Kier molecular flexibility index (Phi) is 2.94. The standard InChI is InChI=1S/C17H12N4O2/c22-16-14-12-9-18-7-6-10(12)8-13(15(14)20-17(23)21-16)19-11-4-2-1-3-5-11/h1-9,19H,(H2,20,21,22,23). The molecule has 2 aromatic heterocycles. The molecule has 0 amide bonds. The summed E-state index contributed by atoms with van der Waals surface area (Å²) in [6.07, 6.45) is 3.29. The van der Waals surface area contributed by atoms with Gasteiger partial charge in [-0.15, -0.1) is 0 Å². The van der Waals surface area contributed by atoms with Gasteiger partial charge in [-0.3, -0.25) is 14.8 Å². The average Bonchev–Trinajstić information content (AvgIpc) is 2.55. The van der Waals surface area contributed by atoms with Gasteiger partial charge in [0.1, 0.15) is 0 Å². The van der Waals surface area contributed by atoms with Gasteiger partial charge in [-0.2, -0.15) is 0 Å². The second-order valence-corrected chi connectivity index (χ2v) is 5.17. The molecule has 112 valence electrons. The third-order valence-electron chi connectivity index (χ3n) is 3.69. The number of hydrogen-bond acceptors (Lipinski definition) is 4. The maximum Gasteiger partial charge on any atom is 0.326 e. The fourth-order valence-electron chi connectivity index (χ4n) is 2.69. The molecule has 0 aliphatic carbocycles. The molecule has 0 aliphatic heterocycles. The van der Waals surface area contributed by atoms with Crippen molar-refractivity contribution >= 4 is 33.1 Å². The Morgan fingerprint density at radius 2 is 1.83 bits per heavy atom. The minimum absolute atomic E-state index is 0.411. The number of aromatic amines is 2. The van der Waals surface area contributed by atoms with E-state index in [1.54, 1.807) is 12.4 Å². The number of nitrogens with zero attached hydrogens (tertiary/aromatic N) is 1. The van der Waals surface area contributed by atoms with Crippen LogP contribution in [0.2, 0.25) is 0 Å². The van der Waals surface area contributed by atoms with Gasteiger partial charge >= 0.3 is 5.69 Å². The molecule has 23 heavy (non-hydrogen) atoms. The second kappa shape index (κ2) is 5.10. The topological polar surface area (TPSA) is 90.6 Å². The van der Waals surface area contributed by atoms with Gasteiger partial charge in [-0.1, -0.05) is 18.2 Å². The summed E-state index contributed by atoms with van der Waals surface area (Å²) in [7, 11) is 0. The van der Waals surface area contributed by atoms with E-state index in [1.165, 1.54) is 0 Å². The molecule has 4 rings (SSSR count). The Balaban J connectivity index is 2.09. The van der Waals surface area contributed by atoms with Crippen LogP contribution in [-0.4, -0.2) is 15.0 Å². The summed E-state index contributed by atoms with van der Waals surface area (Å²) in [5, 5.41) is 5.22. The van der Waals surface area contributed by atoms with Crippen LogP contribution in [0.3, 0.4) is 0 Å². The van der Waals surface area contributed by atoms with Gasteiger partial charge in [-0.25, -0.2) is 4.79 Å². The van der Waals surface area contributed by atoms with Crippen LogP contribution in [0, 0.1) is 0 Å². The van der Waals surface area contributed by atoms with E-state index in [0.29, 0.717) is 22.0 Å². The van der Waals surface area contributed by atoms with Gasteiger partial charge < -0.3 is 10.3 Å². The predicted molar refractivity (Wildman–Crippen MR) is 90.2 cm³/mol. The first-order valence-corrected chi connectivity index (χ1v) is 7.07. The van der Waals surface area contributed by atoms with Crippen LogP contribution in [0.1, 0.15) is 0 Å². The highest BCUT2D eigenvalue weighted by molar-refractivity contribution is 6.11. The minimum Gasteiger partial charge on any atom is -0.354 e. The SMILES string of the molecule is O=c1[nH]c(=O)c2c([nH]1)c(Nc1ccccc1)cc1ccncc12. The molecule has 3 N–H and O–H groups in total. The molecule has 0 spiro atoms. The molecule has 2 heterocycles. The van der Waals surface area contributed by atoms with E-state index in [2.05, 4.69) is 20.3 Å². The van der Waals surface area contributed by atoms with Gasteiger partial charge in [0.2, 0.25) is 0 Å². The van der Waals surface area contributed by atoms with Crippen molar-refractivity contribution in [3.63, 3.8) is 0 Å². The lowest BCUT2D eigenvalue weighted by molar-refractivity contribution is 1.08. The fraction of sp³-hybridized carbons (Fsp3) is 0. The summed E-state index contributed by atoms with van der Waals surface area (Å²) in [5.41, 5.74) is 1.01. The molecule has 6 nitrogen and oxygen atoms in total. The molecular weight excluding hydrogens is 292 g/mol. The number of para-hydroxylation sites is 1. The Hall–Kier alpha value is -3.41. The fourth-order valence-corrected chi connectivity index (χ4v) is 2.69. The third-order valence-corrected chi connectivity index (χ3v) is 3.69. The van der Waals surface area contributed by atoms with Crippen LogP contribution >= 0.6 is 0 Å². The van der Waals surface area contributed by atoms with E-state index in [4.69, 9.17) is 0 Å². The molecule has 0 radical (unpaired) electrons. The maximum absolute atomic E-state index is 12.3. The van der Waals surface area contributed by atoms with Crippen LogP contribution in [0.4, 0.5) is 11.4 Å². The summed E-state index contributed by atoms with van der Waals surface area (Å²) < 4.78 is 0. The van der Waals surface area contributed by atoms with E-state index in [1.807, 2.05) is 42.5 Å². The lowest BCUT2D eigenvalue weighted by Gasteiger charge is -2.11. The lowest BCUT2D eigenvalue weighted by atomic mass is 10.1. The van der Waals surface area contributed by atoms with Crippen molar-refractivity contribution < 1.29 is 0 Å². The van der Waals surface area contributed by atoms with Crippen LogP contribution in [0.5, 0.6) is 0 Å². The number of H-pyrrole nitrogens is 2. The van der Waals surface area contributed by atoms with Crippen molar-refractivity contribution in [3.8, 4) is 0 Å². The number of anilines is 2. The van der Waals surface area contributed by atoms with Crippen molar-refractivity contribution in [2.24, 2.45) is 0 Å². The molecular formula is C17H12N4O2. The van der Waals surface area contributed by atoms with Crippen LogP contribution < -0.4 is 16.6 Å². The van der Waals surface area contributed by atoms with Crippen molar-refractivity contribution in [2.45, 2.75) is 0 Å². The molecule has 0 atom stereocenters. The molecule has 0 fully saturated rings. The van der Waals surface area contributed by atoms with E-state index in [-0.39, 0.29) is 0 Å². The quantitative estimate of drug-likeness (QED) is 0.496. The van der Waals surface area contributed by atoms with Crippen molar-refractivity contribution in [2.75, 3.05) is 5.32 Å².